The molecule has 1 spiro atoms. The SMILES string of the molecule is CN(Cc1ccccc1)CC(C)(C)CN1CCC2(CCNCC2)C1. The van der Waals surface area contributed by atoms with Gasteiger partial charge in [-0.1, -0.05) is 44.2 Å². The quantitative estimate of drug-likeness (QED) is 0.864. The Labute approximate surface area is 148 Å². The zero-order valence-corrected chi connectivity index (χ0v) is 15.9. The Morgan fingerprint density at radius 1 is 1.12 bits per heavy atom. The lowest BCUT2D eigenvalue weighted by atomic mass is 9.78. The predicted octanol–water partition coefficient (Wildman–Crippen LogP) is 3.22. The van der Waals surface area contributed by atoms with Crippen molar-refractivity contribution >= 4 is 0 Å². The molecule has 2 heterocycles. The normalized spacial score (nSPS) is 21.7. The van der Waals surface area contributed by atoms with Crippen LogP contribution in [-0.4, -0.2) is 56.1 Å². The molecule has 0 amide bonds. The fourth-order valence-corrected chi connectivity index (χ4v) is 4.86. The molecule has 24 heavy (non-hydrogen) atoms. The van der Waals surface area contributed by atoms with Crippen molar-refractivity contribution in [1.29, 1.82) is 0 Å². The first kappa shape index (κ1) is 17.9. The second-order valence-corrected chi connectivity index (χ2v) is 9.03. The molecule has 134 valence electrons. The molecule has 2 aliphatic heterocycles. The zero-order valence-electron chi connectivity index (χ0n) is 15.9. The highest BCUT2D eigenvalue weighted by molar-refractivity contribution is 5.14. The number of rotatable bonds is 6. The number of benzene rings is 1. The van der Waals surface area contributed by atoms with Crippen LogP contribution in [0, 0.1) is 10.8 Å². The van der Waals surface area contributed by atoms with Crippen molar-refractivity contribution in [2.24, 2.45) is 10.8 Å². The Hall–Kier alpha value is -0.900. The lowest BCUT2D eigenvalue weighted by Gasteiger charge is -2.37. The van der Waals surface area contributed by atoms with Gasteiger partial charge in [0.1, 0.15) is 0 Å². The van der Waals surface area contributed by atoms with Gasteiger partial charge in [0.05, 0.1) is 0 Å². The largest absolute Gasteiger partial charge is 0.317 e. The van der Waals surface area contributed by atoms with Crippen LogP contribution in [0.15, 0.2) is 30.3 Å². The van der Waals surface area contributed by atoms with Crippen molar-refractivity contribution in [2.45, 2.75) is 39.7 Å². The van der Waals surface area contributed by atoms with E-state index in [0.717, 1.165) is 13.1 Å². The maximum absolute atomic E-state index is 3.52. The van der Waals surface area contributed by atoms with Crippen LogP contribution in [0.5, 0.6) is 0 Å². The van der Waals surface area contributed by atoms with Crippen LogP contribution in [0.2, 0.25) is 0 Å². The summed E-state index contributed by atoms with van der Waals surface area (Å²) in [7, 11) is 2.26. The van der Waals surface area contributed by atoms with E-state index in [4.69, 9.17) is 0 Å². The summed E-state index contributed by atoms with van der Waals surface area (Å²) >= 11 is 0. The van der Waals surface area contributed by atoms with Crippen LogP contribution < -0.4 is 5.32 Å². The standard InChI is InChI=1S/C21H35N3/c1-20(2,16-23(3)15-19-7-5-4-6-8-19)17-24-14-11-21(18-24)9-12-22-13-10-21/h4-8,22H,9-18H2,1-3H3. The highest BCUT2D eigenvalue weighted by Gasteiger charge is 2.40. The summed E-state index contributed by atoms with van der Waals surface area (Å²) in [6.07, 6.45) is 4.15. The van der Waals surface area contributed by atoms with Crippen LogP contribution in [-0.2, 0) is 6.54 Å². The van der Waals surface area contributed by atoms with Gasteiger partial charge in [0.25, 0.3) is 0 Å². The summed E-state index contributed by atoms with van der Waals surface area (Å²) in [5, 5.41) is 3.52. The van der Waals surface area contributed by atoms with Crippen molar-refractivity contribution in [3.63, 3.8) is 0 Å². The van der Waals surface area contributed by atoms with Gasteiger partial charge < -0.3 is 15.1 Å². The summed E-state index contributed by atoms with van der Waals surface area (Å²) in [5.74, 6) is 0. The number of nitrogens with one attached hydrogen (secondary N) is 1. The predicted molar refractivity (Wildman–Crippen MR) is 102 cm³/mol. The first-order valence-electron chi connectivity index (χ1n) is 9.62. The molecule has 0 aliphatic carbocycles. The topological polar surface area (TPSA) is 18.5 Å². The van der Waals surface area contributed by atoms with Crippen LogP contribution in [0.25, 0.3) is 0 Å². The minimum absolute atomic E-state index is 0.335. The third-order valence-electron chi connectivity index (χ3n) is 5.83. The number of nitrogens with zero attached hydrogens (tertiary/aromatic N) is 2. The Morgan fingerprint density at radius 3 is 2.54 bits per heavy atom. The molecule has 0 atom stereocenters. The van der Waals surface area contributed by atoms with Crippen molar-refractivity contribution in [2.75, 3.05) is 46.3 Å². The molecule has 1 aromatic rings. The first-order valence-corrected chi connectivity index (χ1v) is 9.62. The van der Waals surface area contributed by atoms with Gasteiger partial charge in [-0.05, 0) is 62.3 Å². The molecule has 0 saturated carbocycles. The molecule has 2 aliphatic rings. The fraction of sp³-hybridized carbons (Fsp3) is 0.714. The molecule has 1 N–H and O–H groups in total. The summed E-state index contributed by atoms with van der Waals surface area (Å²) < 4.78 is 0. The molecular formula is C21H35N3. The monoisotopic (exact) mass is 329 g/mol. The highest BCUT2D eigenvalue weighted by Crippen LogP contribution is 2.39. The van der Waals surface area contributed by atoms with Crippen molar-refractivity contribution in [3.8, 4) is 0 Å². The van der Waals surface area contributed by atoms with E-state index in [1.54, 1.807) is 0 Å². The van der Waals surface area contributed by atoms with Gasteiger partial charge in [0, 0.05) is 26.2 Å². The van der Waals surface area contributed by atoms with Gasteiger partial charge in [0.2, 0.25) is 0 Å². The van der Waals surface area contributed by atoms with E-state index in [-0.39, 0.29) is 0 Å². The molecule has 3 rings (SSSR count). The molecule has 1 aromatic carbocycles. The van der Waals surface area contributed by atoms with Crippen LogP contribution in [0.3, 0.4) is 0 Å². The third-order valence-corrected chi connectivity index (χ3v) is 5.83. The Kier molecular flexibility index (Phi) is 5.63. The molecule has 0 bridgehead atoms. The van der Waals surface area contributed by atoms with E-state index < -0.39 is 0 Å². The number of hydrogen-bond donors (Lipinski definition) is 1. The van der Waals surface area contributed by atoms with Crippen molar-refractivity contribution < 1.29 is 0 Å². The minimum atomic E-state index is 0.335. The van der Waals surface area contributed by atoms with Gasteiger partial charge in [-0.3, -0.25) is 0 Å². The smallest absolute Gasteiger partial charge is 0.0230 e. The van der Waals surface area contributed by atoms with Crippen molar-refractivity contribution in [1.82, 2.24) is 15.1 Å². The van der Waals surface area contributed by atoms with E-state index in [1.807, 2.05) is 0 Å². The molecule has 0 radical (unpaired) electrons. The average molecular weight is 330 g/mol. The van der Waals surface area contributed by atoms with Crippen LogP contribution in [0.4, 0.5) is 0 Å². The Morgan fingerprint density at radius 2 is 1.83 bits per heavy atom. The van der Waals surface area contributed by atoms with Crippen molar-refractivity contribution in [3.05, 3.63) is 35.9 Å². The second kappa shape index (κ2) is 7.55. The third kappa shape index (κ3) is 4.81. The summed E-state index contributed by atoms with van der Waals surface area (Å²) in [5.41, 5.74) is 2.37. The van der Waals surface area contributed by atoms with Gasteiger partial charge in [0.15, 0.2) is 0 Å². The average Bonchev–Trinajstić information content (AvgIpc) is 2.89. The van der Waals surface area contributed by atoms with E-state index in [1.165, 1.54) is 57.5 Å². The lowest BCUT2D eigenvalue weighted by Crippen LogP contribution is -2.42. The zero-order chi connectivity index (χ0) is 17.0. The molecule has 3 heteroatoms. The van der Waals surface area contributed by atoms with Crippen LogP contribution in [0.1, 0.15) is 38.7 Å². The molecule has 2 saturated heterocycles. The Balaban J connectivity index is 1.48. The maximum atomic E-state index is 3.52. The maximum Gasteiger partial charge on any atom is 0.0230 e. The summed E-state index contributed by atoms with van der Waals surface area (Å²) in [6.45, 7) is 13.3. The van der Waals surface area contributed by atoms with Gasteiger partial charge in [-0.2, -0.15) is 0 Å². The molecule has 0 aromatic heterocycles. The molecular weight excluding hydrogens is 294 g/mol. The molecule has 0 unspecified atom stereocenters. The minimum Gasteiger partial charge on any atom is -0.317 e. The van der Waals surface area contributed by atoms with Crippen LogP contribution >= 0.6 is 0 Å². The summed E-state index contributed by atoms with van der Waals surface area (Å²) in [6, 6.07) is 10.8. The van der Waals surface area contributed by atoms with E-state index in [9.17, 15) is 0 Å². The first-order chi connectivity index (χ1) is 11.5. The lowest BCUT2D eigenvalue weighted by molar-refractivity contribution is 0.128. The van der Waals surface area contributed by atoms with E-state index in [0.29, 0.717) is 10.8 Å². The second-order valence-electron chi connectivity index (χ2n) is 9.03. The van der Waals surface area contributed by atoms with Gasteiger partial charge in [-0.15, -0.1) is 0 Å². The summed E-state index contributed by atoms with van der Waals surface area (Å²) in [4.78, 5) is 5.22. The van der Waals surface area contributed by atoms with E-state index >= 15 is 0 Å². The number of likely N-dealkylation sites (tertiary alicyclic amines) is 1. The van der Waals surface area contributed by atoms with Gasteiger partial charge in [-0.25, -0.2) is 0 Å². The van der Waals surface area contributed by atoms with E-state index in [2.05, 4.69) is 66.3 Å². The fourth-order valence-electron chi connectivity index (χ4n) is 4.86. The Bertz CT molecular complexity index is 505. The number of piperidine rings is 1. The van der Waals surface area contributed by atoms with Gasteiger partial charge >= 0.3 is 0 Å². The molecule has 2 fully saturated rings. The molecule has 3 nitrogen and oxygen atoms in total. The highest BCUT2D eigenvalue weighted by atomic mass is 15.2. The number of hydrogen-bond acceptors (Lipinski definition) is 3.